The van der Waals surface area contributed by atoms with Gasteiger partial charge in [-0.2, -0.15) is 4.31 Å². The Labute approximate surface area is 103 Å². The average molecular weight is 249 g/mol. The highest BCUT2D eigenvalue weighted by Gasteiger charge is 2.24. The van der Waals surface area contributed by atoms with Crippen molar-refractivity contribution in [3.05, 3.63) is 0 Å². The van der Waals surface area contributed by atoms with Crippen LogP contribution in [0.15, 0.2) is 0 Å². The topological polar surface area (TPSA) is 40.5 Å². The van der Waals surface area contributed by atoms with Gasteiger partial charge in [0.2, 0.25) is 11.3 Å². The first kappa shape index (κ1) is 16.1. The van der Waals surface area contributed by atoms with Crippen molar-refractivity contribution < 1.29 is 8.76 Å². The number of hydrogen-bond acceptors (Lipinski definition) is 1. The molecule has 0 aliphatic heterocycles. The van der Waals surface area contributed by atoms with Gasteiger partial charge in [-0.3, -0.25) is 4.55 Å². The minimum absolute atomic E-state index is 0.192. The fraction of sp³-hybridized carbons (Fsp3) is 1.00. The minimum Gasteiger partial charge on any atom is -0.294 e. The van der Waals surface area contributed by atoms with Crippen molar-refractivity contribution in [1.29, 1.82) is 0 Å². The van der Waals surface area contributed by atoms with Crippen molar-refractivity contribution in [2.75, 3.05) is 0 Å². The summed E-state index contributed by atoms with van der Waals surface area (Å²) in [5.74, 6) is 0. The monoisotopic (exact) mass is 249 g/mol. The van der Waals surface area contributed by atoms with E-state index < -0.39 is 11.3 Å². The zero-order valence-corrected chi connectivity index (χ0v) is 11.9. The quantitative estimate of drug-likeness (QED) is 0.634. The highest BCUT2D eigenvalue weighted by molar-refractivity contribution is 7.76. The number of hydrogen-bond donors (Lipinski definition) is 1. The van der Waals surface area contributed by atoms with Gasteiger partial charge in [-0.15, -0.1) is 0 Å². The summed E-state index contributed by atoms with van der Waals surface area (Å²) in [5.41, 5.74) is 0. The van der Waals surface area contributed by atoms with Crippen LogP contribution in [0.25, 0.3) is 0 Å². The van der Waals surface area contributed by atoms with Crippen LogP contribution in [0.2, 0.25) is 0 Å². The maximum Gasteiger partial charge on any atom is 0.235 e. The third-order valence-corrected chi connectivity index (χ3v) is 4.08. The second kappa shape index (κ2) is 9.14. The van der Waals surface area contributed by atoms with E-state index in [9.17, 15) is 8.76 Å². The summed E-state index contributed by atoms with van der Waals surface area (Å²) in [7, 11) is 0. The van der Waals surface area contributed by atoms with Crippen LogP contribution in [0.1, 0.15) is 66.2 Å². The molecule has 0 aromatic carbocycles. The van der Waals surface area contributed by atoms with Gasteiger partial charge in [0, 0.05) is 12.1 Å². The second-order valence-electron chi connectivity index (χ2n) is 4.57. The lowest BCUT2D eigenvalue weighted by atomic mass is 10.1. The highest BCUT2D eigenvalue weighted by Crippen LogP contribution is 2.17. The van der Waals surface area contributed by atoms with Crippen molar-refractivity contribution in [1.82, 2.24) is 4.31 Å². The molecule has 0 aromatic heterocycles. The predicted octanol–water partition coefficient (Wildman–Crippen LogP) is 3.58. The van der Waals surface area contributed by atoms with Crippen LogP contribution in [0.4, 0.5) is 0 Å². The molecule has 0 rings (SSSR count). The Morgan fingerprint density at radius 1 is 1.06 bits per heavy atom. The number of rotatable bonds is 9. The summed E-state index contributed by atoms with van der Waals surface area (Å²) >= 11 is -1.84. The van der Waals surface area contributed by atoms with Crippen LogP contribution in [0, 0.1) is 0 Å². The molecule has 98 valence electrons. The van der Waals surface area contributed by atoms with Gasteiger partial charge in [-0.1, -0.05) is 39.5 Å². The molecule has 0 heterocycles. The van der Waals surface area contributed by atoms with Crippen molar-refractivity contribution in [2.24, 2.45) is 0 Å². The molecule has 0 aliphatic rings. The van der Waals surface area contributed by atoms with Crippen LogP contribution in [0.5, 0.6) is 0 Å². The van der Waals surface area contributed by atoms with Gasteiger partial charge >= 0.3 is 0 Å². The molecule has 0 radical (unpaired) electrons. The molecule has 3 unspecified atom stereocenters. The molecular formula is C12H27NO2S. The Hall–Kier alpha value is 0.0700. The lowest BCUT2D eigenvalue weighted by Crippen LogP contribution is -2.41. The Kier molecular flexibility index (Phi) is 9.18. The Morgan fingerprint density at radius 3 is 1.69 bits per heavy atom. The minimum atomic E-state index is -1.84. The SMILES string of the molecule is CCCCC(C)N(C(C)CCCC)S(=O)O. The van der Waals surface area contributed by atoms with Crippen LogP contribution in [-0.2, 0) is 11.3 Å². The standard InChI is InChI=1S/C12H27NO2S/c1-5-7-9-11(3)13(16(14)15)12(4)10-8-6-2/h11-12H,5-10H2,1-4H3,(H,14,15). The van der Waals surface area contributed by atoms with E-state index in [1.807, 2.05) is 13.8 Å². The molecule has 1 N–H and O–H groups in total. The average Bonchev–Trinajstić information content (AvgIpc) is 2.23. The molecule has 0 aromatic rings. The molecule has 16 heavy (non-hydrogen) atoms. The van der Waals surface area contributed by atoms with Crippen molar-refractivity contribution >= 4 is 11.3 Å². The smallest absolute Gasteiger partial charge is 0.235 e. The zero-order chi connectivity index (χ0) is 12.6. The summed E-state index contributed by atoms with van der Waals surface area (Å²) < 4.78 is 22.4. The Balaban J connectivity index is 4.28. The molecule has 0 aliphatic carbocycles. The molecule has 0 fully saturated rings. The third kappa shape index (κ3) is 5.97. The summed E-state index contributed by atoms with van der Waals surface area (Å²) in [4.78, 5) is 0. The van der Waals surface area contributed by atoms with Gasteiger partial charge in [0.25, 0.3) is 0 Å². The van der Waals surface area contributed by atoms with E-state index in [1.165, 1.54) is 0 Å². The molecule has 3 atom stereocenters. The van der Waals surface area contributed by atoms with Gasteiger partial charge in [-0.25, -0.2) is 4.21 Å². The van der Waals surface area contributed by atoms with E-state index in [-0.39, 0.29) is 12.1 Å². The van der Waals surface area contributed by atoms with Crippen LogP contribution in [-0.4, -0.2) is 25.2 Å². The van der Waals surface area contributed by atoms with Gasteiger partial charge in [-0.05, 0) is 26.7 Å². The highest BCUT2D eigenvalue weighted by atomic mass is 32.2. The second-order valence-corrected chi connectivity index (χ2v) is 5.46. The zero-order valence-electron chi connectivity index (χ0n) is 11.1. The van der Waals surface area contributed by atoms with Crippen LogP contribution < -0.4 is 0 Å². The maximum absolute atomic E-state index is 11.3. The van der Waals surface area contributed by atoms with E-state index in [2.05, 4.69) is 13.8 Å². The van der Waals surface area contributed by atoms with Gasteiger partial charge in [0.15, 0.2) is 0 Å². The van der Waals surface area contributed by atoms with Crippen molar-refractivity contribution in [3.63, 3.8) is 0 Å². The lowest BCUT2D eigenvalue weighted by molar-refractivity contribution is 0.242. The Bertz CT molecular complexity index is 185. The molecule has 0 saturated heterocycles. The van der Waals surface area contributed by atoms with E-state index >= 15 is 0 Å². The fourth-order valence-corrected chi connectivity index (χ4v) is 2.82. The van der Waals surface area contributed by atoms with E-state index in [1.54, 1.807) is 4.31 Å². The van der Waals surface area contributed by atoms with E-state index in [0.29, 0.717) is 0 Å². The van der Waals surface area contributed by atoms with Gasteiger partial charge in [0.1, 0.15) is 0 Å². The normalized spacial score (nSPS) is 17.4. The molecule has 4 heteroatoms. The lowest BCUT2D eigenvalue weighted by Gasteiger charge is -2.30. The molecule has 0 saturated carbocycles. The predicted molar refractivity (Wildman–Crippen MR) is 70.6 cm³/mol. The van der Waals surface area contributed by atoms with E-state index in [0.717, 1.165) is 38.5 Å². The van der Waals surface area contributed by atoms with E-state index in [4.69, 9.17) is 0 Å². The summed E-state index contributed by atoms with van der Waals surface area (Å²) in [6.07, 6.45) is 6.52. The van der Waals surface area contributed by atoms with Gasteiger partial charge < -0.3 is 0 Å². The van der Waals surface area contributed by atoms with Crippen LogP contribution in [0.3, 0.4) is 0 Å². The summed E-state index contributed by atoms with van der Waals surface area (Å²) in [6.45, 7) is 8.39. The first-order chi connectivity index (χ1) is 7.54. The molecular weight excluding hydrogens is 222 g/mol. The number of nitrogens with zero attached hydrogens (tertiary/aromatic N) is 1. The first-order valence-corrected chi connectivity index (χ1v) is 7.50. The maximum atomic E-state index is 11.3. The van der Waals surface area contributed by atoms with Crippen molar-refractivity contribution in [3.8, 4) is 0 Å². The van der Waals surface area contributed by atoms with Gasteiger partial charge in [0.05, 0.1) is 0 Å². The van der Waals surface area contributed by atoms with Crippen LogP contribution >= 0.6 is 0 Å². The first-order valence-electron chi connectivity index (χ1n) is 6.43. The van der Waals surface area contributed by atoms with Crippen molar-refractivity contribution in [2.45, 2.75) is 78.3 Å². The molecule has 0 spiro atoms. The summed E-state index contributed by atoms with van der Waals surface area (Å²) in [6, 6.07) is 0.385. The molecule has 3 nitrogen and oxygen atoms in total. The Morgan fingerprint density at radius 2 is 1.44 bits per heavy atom. The number of unbranched alkanes of at least 4 members (excludes halogenated alkanes) is 2. The largest absolute Gasteiger partial charge is 0.294 e. The molecule has 0 bridgehead atoms. The summed E-state index contributed by atoms with van der Waals surface area (Å²) in [5, 5.41) is 0. The fourth-order valence-electron chi connectivity index (χ4n) is 2.00. The third-order valence-electron chi connectivity index (χ3n) is 3.00. The molecule has 0 amide bonds.